The molecule has 0 aliphatic carbocycles. The van der Waals surface area contributed by atoms with Crippen LogP contribution in [0.2, 0.25) is 5.02 Å². The van der Waals surface area contributed by atoms with Gasteiger partial charge in [-0.1, -0.05) is 11.6 Å². The maximum atomic E-state index is 9.91. The Labute approximate surface area is 124 Å². The summed E-state index contributed by atoms with van der Waals surface area (Å²) in [5.74, 6) is -0.983. The van der Waals surface area contributed by atoms with Gasteiger partial charge in [0.25, 0.3) is 0 Å². The lowest BCUT2D eigenvalue weighted by atomic mass is 9.99. The molecule has 5 nitrogen and oxygen atoms in total. The molecular formula is C15H11ClO5. The standard InChI is InChI=1S/C15H11ClO5/c16-11-4-8(17)5-13-10(11)3-7(6-21-13)9-1-2-12(18)15(20)14(9)19/h1-5,17-20H,6H2. The van der Waals surface area contributed by atoms with E-state index in [2.05, 4.69) is 0 Å². The van der Waals surface area contributed by atoms with Crippen molar-refractivity contribution in [1.82, 2.24) is 0 Å². The molecule has 6 heteroatoms. The fourth-order valence-corrected chi connectivity index (χ4v) is 2.45. The van der Waals surface area contributed by atoms with Gasteiger partial charge in [0.15, 0.2) is 11.5 Å². The van der Waals surface area contributed by atoms with Crippen molar-refractivity contribution in [2.75, 3.05) is 6.61 Å². The Kier molecular flexibility index (Phi) is 3.07. The number of halogens is 1. The lowest BCUT2D eigenvalue weighted by Gasteiger charge is -2.20. The average molecular weight is 307 g/mol. The predicted molar refractivity (Wildman–Crippen MR) is 77.9 cm³/mol. The highest BCUT2D eigenvalue weighted by Gasteiger charge is 2.20. The zero-order chi connectivity index (χ0) is 15.1. The molecule has 3 rings (SSSR count). The van der Waals surface area contributed by atoms with Gasteiger partial charge in [-0.3, -0.25) is 0 Å². The molecule has 1 aliphatic rings. The first-order chi connectivity index (χ1) is 9.97. The number of fused-ring (bicyclic) bond motifs is 1. The average Bonchev–Trinajstić information content (AvgIpc) is 2.45. The van der Waals surface area contributed by atoms with Crippen molar-refractivity contribution in [3.8, 4) is 28.7 Å². The summed E-state index contributed by atoms with van der Waals surface area (Å²) < 4.78 is 5.51. The molecule has 108 valence electrons. The Morgan fingerprint density at radius 2 is 1.76 bits per heavy atom. The molecule has 0 atom stereocenters. The van der Waals surface area contributed by atoms with Crippen LogP contribution in [0.4, 0.5) is 0 Å². The van der Waals surface area contributed by atoms with Crippen molar-refractivity contribution < 1.29 is 25.2 Å². The van der Waals surface area contributed by atoms with E-state index in [4.69, 9.17) is 16.3 Å². The summed E-state index contributed by atoms with van der Waals surface area (Å²) in [6, 6.07) is 5.58. The van der Waals surface area contributed by atoms with Crippen LogP contribution in [-0.4, -0.2) is 27.0 Å². The zero-order valence-corrected chi connectivity index (χ0v) is 11.4. The summed E-state index contributed by atoms with van der Waals surface area (Å²) in [4.78, 5) is 0. The summed E-state index contributed by atoms with van der Waals surface area (Å²) in [5, 5.41) is 38.6. The van der Waals surface area contributed by atoms with Crippen LogP contribution in [0.3, 0.4) is 0 Å². The first kappa shape index (κ1) is 13.5. The minimum Gasteiger partial charge on any atom is -0.508 e. The van der Waals surface area contributed by atoms with E-state index in [9.17, 15) is 20.4 Å². The Balaban J connectivity index is 2.13. The highest BCUT2D eigenvalue weighted by Crippen LogP contribution is 2.43. The second-order valence-electron chi connectivity index (χ2n) is 4.63. The van der Waals surface area contributed by atoms with Crippen molar-refractivity contribution in [3.63, 3.8) is 0 Å². The normalized spacial score (nSPS) is 13.3. The number of phenols is 4. The van der Waals surface area contributed by atoms with Crippen LogP contribution in [0.15, 0.2) is 24.3 Å². The summed E-state index contributed by atoms with van der Waals surface area (Å²) in [6.45, 7) is 0.130. The van der Waals surface area contributed by atoms with Crippen LogP contribution in [0, 0.1) is 0 Å². The summed E-state index contributed by atoms with van der Waals surface area (Å²) >= 11 is 6.06. The quantitative estimate of drug-likeness (QED) is 0.608. The second-order valence-corrected chi connectivity index (χ2v) is 5.03. The Bertz CT molecular complexity index is 767. The molecule has 1 aliphatic heterocycles. The van der Waals surface area contributed by atoms with Gasteiger partial charge in [0.05, 0.1) is 5.02 Å². The number of aromatic hydroxyl groups is 4. The van der Waals surface area contributed by atoms with E-state index >= 15 is 0 Å². The first-order valence-corrected chi connectivity index (χ1v) is 6.45. The van der Waals surface area contributed by atoms with Crippen LogP contribution in [0.5, 0.6) is 28.7 Å². The molecule has 2 aromatic rings. The van der Waals surface area contributed by atoms with Gasteiger partial charge in [-0.2, -0.15) is 0 Å². The summed E-state index contributed by atoms with van der Waals surface area (Å²) in [7, 11) is 0. The molecule has 0 unspecified atom stereocenters. The first-order valence-electron chi connectivity index (χ1n) is 6.07. The fraction of sp³-hybridized carbons (Fsp3) is 0.0667. The van der Waals surface area contributed by atoms with Gasteiger partial charge in [0.1, 0.15) is 18.1 Å². The van der Waals surface area contributed by atoms with Crippen molar-refractivity contribution in [2.24, 2.45) is 0 Å². The maximum absolute atomic E-state index is 9.91. The number of rotatable bonds is 1. The number of phenolic OH excluding ortho intramolecular Hbond substituents is 4. The van der Waals surface area contributed by atoms with Crippen LogP contribution in [0.1, 0.15) is 11.1 Å². The van der Waals surface area contributed by atoms with Crippen molar-refractivity contribution >= 4 is 23.3 Å². The summed E-state index contributed by atoms with van der Waals surface area (Å²) in [5.41, 5.74) is 1.49. The van der Waals surface area contributed by atoms with Gasteiger partial charge >= 0.3 is 0 Å². The molecule has 0 radical (unpaired) electrons. The monoisotopic (exact) mass is 306 g/mol. The van der Waals surface area contributed by atoms with E-state index in [1.807, 2.05) is 0 Å². The molecule has 0 saturated heterocycles. The van der Waals surface area contributed by atoms with E-state index in [1.54, 1.807) is 6.08 Å². The van der Waals surface area contributed by atoms with Crippen molar-refractivity contribution in [3.05, 3.63) is 40.4 Å². The molecule has 0 bridgehead atoms. The molecule has 4 N–H and O–H groups in total. The molecule has 2 aromatic carbocycles. The molecule has 21 heavy (non-hydrogen) atoms. The third kappa shape index (κ3) is 2.21. The molecule has 1 heterocycles. The highest BCUT2D eigenvalue weighted by atomic mass is 35.5. The third-order valence-electron chi connectivity index (χ3n) is 3.25. The molecular weight excluding hydrogens is 296 g/mol. The van der Waals surface area contributed by atoms with Crippen LogP contribution in [0.25, 0.3) is 11.6 Å². The van der Waals surface area contributed by atoms with E-state index in [0.29, 0.717) is 27.5 Å². The Morgan fingerprint density at radius 1 is 1.00 bits per heavy atom. The topological polar surface area (TPSA) is 90.2 Å². The Morgan fingerprint density at radius 3 is 2.52 bits per heavy atom. The van der Waals surface area contributed by atoms with Crippen LogP contribution < -0.4 is 4.74 Å². The van der Waals surface area contributed by atoms with Gasteiger partial charge < -0.3 is 25.2 Å². The smallest absolute Gasteiger partial charge is 0.200 e. The second kappa shape index (κ2) is 4.79. The van der Waals surface area contributed by atoms with Gasteiger partial charge in [0, 0.05) is 22.8 Å². The lowest BCUT2D eigenvalue weighted by Crippen LogP contribution is -2.07. The SMILES string of the molecule is Oc1cc(Cl)c2c(c1)OCC(c1ccc(O)c(O)c1O)=C2. The molecule has 0 spiro atoms. The number of benzene rings is 2. The maximum Gasteiger partial charge on any atom is 0.200 e. The van der Waals surface area contributed by atoms with Gasteiger partial charge in [0.2, 0.25) is 5.75 Å². The van der Waals surface area contributed by atoms with Gasteiger partial charge in [-0.15, -0.1) is 0 Å². The van der Waals surface area contributed by atoms with E-state index in [1.165, 1.54) is 24.3 Å². The van der Waals surface area contributed by atoms with E-state index in [0.717, 1.165) is 0 Å². The number of ether oxygens (including phenoxy) is 1. The Hall–Kier alpha value is -2.53. The molecule has 0 aromatic heterocycles. The van der Waals surface area contributed by atoms with Gasteiger partial charge in [-0.25, -0.2) is 0 Å². The third-order valence-corrected chi connectivity index (χ3v) is 3.57. The minimum atomic E-state index is -0.587. The van der Waals surface area contributed by atoms with Crippen molar-refractivity contribution in [2.45, 2.75) is 0 Å². The number of hydrogen-bond acceptors (Lipinski definition) is 5. The van der Waals surface area contributed by atoms with Gasteiger partial charge in [-0.05, 0) is 24.3 Å². The van der Waals surface area contributed by atoms with Crippen molar-refractivity contribution in [1.29, 1.82) is 0 Å². The lowest BCUT2D eigenvalue weighted by molar-refractivity contribution is 0.356. The largest absolute Gasteiger partial charge is 0.508 e. The van der Waals surface area contributed by atoms with E-state index in [-0.39, 0.29) is 12.4 Å². The van der Waals surface area contributed by atoms with E-state index < -0.39 is 17.2 Å². The molecule has 0 saturated carbocycles. The zero-order valence-electron chi connectivity index (χ0n) is 10.7. The minimum absolute atomic E-state index is 0.000671. The summed E-state index contributed by atoms with van der Waals surface area (Å²) in [6.07, 6.45) is 1.70. The predicted octanol–water partition coefficient (Wildman–Crippen LogP) is 3.10. The fourth-order valence-electron chi connectivity index (χ4n) is 2.19. The number of hydrogen-bond donors (Lipinski definition) is 4. The molecule has 0 fully saturated rings. The highest BCUT2D eigenvalue weighted by molar-refractivity contribution is 6.32. The van der Waals surface area contributed by atoms with Crippen LogP contribution in [-0.2, 0) is 0 Å². The molecule has 0 amide bonds. The van der Waals surface area contributed by atoms with Crippen LogP contribution >= 0.6 is 11.6 Å².